The number of nitrogens with zero attached hydrogens (tertiary/aromatic N) is 3. The largest absolute Gasteiger partial charge is 0.387 e. The van der Waals surface area contributed by atoms with Crippen molar-refractivity contribution in [3.63, 3.8) is 0 Å². The average molecular weight is 209 g/mol. The van der Waals surface area contributed by atoms with E-state index in [1.165, 1.54) is 0 Å². The van der Waals surface area contributed by atoms with Crippen molar-refractivity contribution in [2.75, 3.05) is 13.6 Å². The highest BCUT2D eigenvalue weighted by atomic mass is 15.2. The van der Waals surface area contributed by atoms with Crippen molar-refractivity contribution >= 4 is 5.84 Å². The Morgan fingerprint density at radius 3 is 2.87 bits per heavy atom. The van der Waals surface area contributed by atoms with Crippen LogP contribution in [0.15, 0.2) is 12.4 Å². The highest BCUT2D eigenvalue weighted by molar-refractivity contribution is 5.79. The third-order valence-electron chi connectivity index (χ3n) is 2.45. The predicted octanol–water partition coefficient (Wildman–Crippen LogP) is 0.424. The number of aromatic nitrogens is 2. The molecule has 1 aromatic rings. The van der Waals surface area contributed by atoms with Crippen LogP contribution in [0.3, 0.4) is 0 Å². The smallest absolute Gasteiger partial charge is 0.122 e. The maximum Gasteiger partial charge on any atom is 0.122 e. The first-order chi connectivity index (χ1) is 7.00. The van der Waals surface area contributed by atoms with Crippen LogP contribution in [0.5, 0.6) is 0 Å². The van der Waals surface area contributed by atoms with Crippen molar-refractivity contribution in [3.8, 4) is 0 Å². The third kappa shape index (κ3) is 3.36. The van der Waals surface area contributed by atoms with E-state index in [0.717, 1.165) is 18.9 Å². The van der Waals surface area contributed by atoms with Gasteiger partial charge in [0.1, 0.15) is 5.82 Å². The van der Waals surface area contributed by atoms with Gasteiger partial charge < -0.3 is 10.3 Å². The molecule has 15 heavy (non-hydrogen) atoms. The summed E-state index contributed by atoms with van der Waals surface area (Å²) in [7, 11) is 3.98. The van der Waals surface area contributed by atoms with E-state index < -0.39 is 0 Å². The van der Waals surface area contributed by atoms with Crippen LogP contribution in [0.2, 0.25) is 0 Å². The highest BCUT2D eigenvalue weighted by Crippen LogP contribution is 2.03. The standard InChI is InChI=1S/C10H19N5/c1-8(10(11)12)6-14(2)7-9-13-4-5-15(9)3/h4-5,8H,6-7H2,1-3H3,(H3,11,12). The number of rotatable bonds is 5. The fourth-order valence-corrected chi connectivity index (χ4v) is 1.42. The summed E-state index contributed by atoms with van der Waals surface area (Å²) < 4.78 is 1.99. The van der Waals surface area contributed by atoms with Crippen LogP contribution in [0.4, 0.5) is 0 Å². The molecule has 1 aromatic heterocycles. The van der Waals surface area contributed by atoms with E-state index in [4.69, 9.17) is 11.1 Å². The van der Waals surface area contributed by atoms with Gasteiger partial charge in [0.05, 0.1) is 12.4 Å². The summed E-state index contributed by atoms with van der Waals surface area (Å²) in [6, 6.07) is 0. The lowest BCUT2D eigenvalue weighted by Crippen LogP contribution is -2.32. The van der Waals surface area contributed by atoms with Crippen molar-refractivity contribution < 1.29 is 0 Å². The van der Waals surface area contributed by atoms with Gasteiger partial charge in [0.2, 0.25) is 0 Å². The maximum absolute atomic E-state index is 7.32. The molecule has 0 amide bonds. The molecule has 0 saturated heterocycles. The molecule has 1 heterocycles. The van der Waals surface area contributed by atoms with E-state index in [1.54, 1.807) is 6.20 Å². The van der Waals surface area contributed by atoms with Gasteiger partial charge in [-0.3, -0.25) is 10.3 Å². The first-order valence-electron chi connectivity index (χ1n) is 4.99. The molecule has 5 heteroatoms. The minimum atomic E-state index is 0.0928. The van der Waals surface area contributed by atoms with Crippen LogP contribution >= 0.6 is 0 Å². The van der Waals surface area contributed by atoms with Crippen LogP contribution in [0.1, 0.15) is 12.7 Å². The topological polar surface area (TPSA) is 70.9 Å². The van der Waals surface area contributed by atoms with E-state index in [2.05, 4.69) is 9.88 Å². The molecule has 0 aliphatic carbocycles. The second kappa shape index (κ2) is 4.93. The summed E-state index contributed by atoms with van der Waals surface area (Å²) >= 11 is 0. The van der Waals surface area contributed by atoms with Crippen LogP contribution in [0.25, 0.3) is 0 Å². The molecule has 1 unspecified atom stereocenters. The number of hydrogen-bond donors (Lipinski definition) is 2. The van der Waals surface area contributed by atoms with Gasteiger partial charge in [-0.25, -0.2) is 4.98 Å². The molecule has 0 bridgehead atoms. The molecule has 5 nitrogen and oxygen atoms in total. The lowest BCUT2D eigenvalue weighted by Gasteiger charge is -2.20. The lowest BCUT2D eigenvalue weighted by atomic mass is 10.1. The van der Waals surface area contributed by atoms with Crippen LogP contribution in [-0.4, -0.2) is 33.9 Å². The Kier molecular flexibility index (Phi) is 3.85. The second-order valence-electron chi connectivity index (χ2n) is 4.01. The number of nitrogens with one attached hydrogen (secondary N) is 1. The molecule has 0 aromatic carbocycles. The van der Waals surface area contributed by atoms with Gasteiger partial charge in [0, 0.05) is 31.9 Å². The minimum absolute atomic E-state index is 0.0928. The number of nitrogens with two attached hydrogens (primary N) is 1. The van der Waals surface area contributed by atoms with Crippen molar-refractivity contribution in [1.82, 2.24) is 14.5 Å². The Labute approximate surface area is 90.4 Å². The molecule has 0 radical (unpaired) electrons. The Bertz CT molecular complexity index is 330. The SMILES string of the molecule is CC(CN(C)Cc1nccn1C)C(=N)N. The van der Waals surface area contributed by atoms with E-state index >= 15 is 0 Å². The van der Waals surface area contributed by atoms with E-state index in [0.29, 0.717) is 0 Å². The zero-order valence-corrected chi connectivity index (χ0v) is 9.57. The van der Waals surface area contributed by atoms with Crippen LogP contribution < -0.4 is 5.73 Å². The van der Waals surface area contributed by atoms with E-state index in [-0.39, 0.29) is 11.8 Å². The number of amidine groups is 1. The van der Waals surface area contributed by atoms with Gasteiger partial charge in [0.15, 0.2) is 0 Å². The third-order valence-corrected chi connectivity index (χ3v) is 2.45. The summed E-state index contributed by atoms with van der Waals surface area (Å²) in [4.78, 5) is 6.36. The van der Waals surface area contributed by atoms with Crippen molar-refractivity contribution in [2.24, 2.45) is 18.7 Å². The molecular weight excluding hydrogens is 190 g/mol. The molecular formula is C10H19N5. The van der Waals surface area contributed by atoms with Crippen LogP contribution in [-0.2, 0) is 13.6 Å². The van der Waals surface area contributed by atoms with E-state index in [9.17, 15) is 0 Å². The molecule has 1 rings (SSSR count). The summed E-state index contributed by atoms with van der Waals surface area (Å²) in [6.45, 7) is 3.51. The van der Waals surface area contributed by atoms with Gasteiger partial charge in [-0.05, 0) is 7.05 Å². The fraction of sp³-hybridized carbons (Fsp3) is 0.600. The zero-order valence-electron chi connectivity index (χ0n) is 9.57. The first-order valence-corrected chi connectivity index (χ1v) is 4.99. The molecule has 0 aliphatic rings. The lowest BCUT2D eigenvalue weighted by molar-refractivity contribution is 0.296. The molecule has 0 spiro atoms. The Morgan fingerprint density at radius 2 is 2.40 bits per heavy atom. The molecule has 84 valence electrons. The summed E-state index contributed by atoms with van der Waals surface area (Å²) in [6.07, 6.45) is 3.72. The predicted molar refractivity (Wildman–Crippen MR) is 60.6 cm³/mol. The maximum atomic E-state index is 7.32. The first kappa shape index (κ1) is 11.7. The second-order valence-corrected chi connectivity index (χ2v) is 4.01. The Balaban J connectivity index is 2.46. The fourth-order valence-electron chi connectivity index (χ4n) is 1.42. The Hall–Kier alpha value is -1.36. The van der Waals surface area contributed by atoms with Gasteiger partial charge in [0.25, 0.3) is 0 Å². The molecule has 0 fully saturated rings. The normalized spacial score (nSPS) is 13.1. The number of aryl methyl sites for hydroxylation is 1. The molecule has 0 saturated carbocycles. The van der Waals surface area contributed by atoms with E-state index in [1.807, 2.05) is 31.8 Å². The monoisotopic (exact) mass is 209 g/mol. The molecule has 3 N–H and O–H groups in total. The van der Waals surface area contributed by atoms with Crippen molar-refractivity contribution in [1.29, 1.82) is 5.41 Å². The molecule has 0 aliphatic heterocycles. The summed E-state index contributed by atoms with van der Waals surface area (Å²) in [5.41, 5.74) is 5.42. The molecule has 1 atom stereocenters. The number of imidazole rings is 1. The summed E-state index contributed by atoms with van der Waals surface area (Å²) in [5, 5.41) is 7.32. The highest BCUT2D eigenvalue weighted by Gasteiger charge is 2.10. The Morgan fingerprint density at radius 1 is 1.73 bits per heavy atom. The average Bonchev–Trinajstić information content (AvgIpc) is 2.51. The zero-order chi connectivity index (χ0) is 11.4. The van der Waals surface area contributed by atoms with Gasteiger partial charge >= 0.3 is 0 Å². The van der Waals surface area contributed by atoms with Crippen molar-refractivity contribution in [2.45, 2.75) is 13.5 Å². The van der Waals surface area contributed by atoms with Crippen LogP contribution in [0, 0.1) is 11.3 Å². The minimum Gasteiger partial charge on any atom is -0.387 e. The summed E-state index contributed by atoms with van der Waals surface area (Å²) in [5.74, 6) is 1.35. The van der Waals surface area contributed by atoms with Crippen molar-refractivity contribution in [3.05, 3.63) is 18.2 Å². The number of hydrogen-bond acceptors (Lipinski definition) is 3. The van der Waals surface area contributed by atoms with Gasteiger partial charge in [-0.15, -0.1) is 0 Å². The quantitative estimate of drug-likeness (QED) is 0.545. The van der Waals surface area contributed by atoms with Gasteiger partial charge in [-0.1, -0.05) is 6.92 Å². The van der Waals surface area contributed by atoms with Gasteiger partial charge in [-0.2, -0.15) is 0 Å².